The monoisotopic (exact) mass is 314 g/mol. The molecule has 0 fully saturated rings. The van der Waals surface area contributed by atoms with Crippen molar-refractivity contribution < 1.29 is 9.53 Å². The van der Waals surface area contributed by atoms with Crippen molar-refractivity contribution in [3.63, 3.8) is 0 Å². The molecule has 0 saturated carbocycles. The van der Waals surface area contributed by atoms with E-state index in [2.05, 4.69) is 15.0 Å². The van der Waals surface area contributed by atoms with E-state index in [0.29, 0.717) is 0 Å². The fraction of sp³-hybridized carbons (Fsp3) is 0.200. The first-order chi connectivity index (χ1) is 10.7. The third-order valence-corrected chi connectivity index (χ3v) is 3.91. The summed E-state index contributed by atoms with van der Waals surface area (Å²) in [6.45, 7) is 3.75. The number of hydrogen-bond donors (Lipinski definition) is 0. The number of carbonyl (C=O) groups is 1. The molecule has 0 saturated heterocycles. The van der Waals surface area contributed by atoms with E-state index in [1.54, 1.807) is 6.92 Å². The fourth-order valence-electron chi connectivity index (χ4n) is 1.75. The summed E-state index contributed by atoms with van der Waals surface area (Å²) >= 11 is 1.42. The first kappa shape index (κ1) is 15.8. The van der Waals surface area contributed by atoms with Crippen LogP contribution < -0.4 is 0 Å². The predicted molar refractivity (Wildman–Crippen MR) is 86.0 cm³/mol. The minimum absolute atomic E-state index is 0.0734. The van der Waals surface area contributed by atoms with Gasteiger partial charge in [-0.1, -0.05) is 35.4 Å². The quantitative estimate of drug-likeness (QED) is 0.270. The molecule has 0 radical (unpaired) electrons. The Kier molecular flexibility index (Phi) is 5.30. The summed E-state index contributed by atoms with van der Waals surface area (Å²) in [5, 5.41) is 4.25. The van der Waals surface area contributed by atoms with Crippen LogP contribution in [0.15, 0.2) is 41.1 Å². The summed E-state index contributed by atoms with van der Waals surface area (Å²) in [4.78, 5) is 19.7. The van der Waals surface area contributed by atoms with Gasteiger partial charge in [0.1, 0.15) is 10.7 Å². The summed E-state index contributed by atoms with van der Waals surface area (Å²) in [6.07, 6.45) is 1.51. The number of aromatic nitrogens is 1. The number of nitrogens with zero attached hydrogens (tertiary/aromatic N) is 4. The lowest BCUT2D eigenvalue weighted by Crippen LogP contribution is -2.05. The van der Waals surface area contributed by atoms with Crippen LogP contribution in [0.3, 0.4) is 0 Å². The van der Waals surface area contributed by atoms with Crippen LogP contribution in [0, 0.1) is 6.92 Å². The topological polar surface area (TPSA) is 88.0 Å². The molecule has 0 aliphatic carbocycles. The lowest BCUT2D eigenvalue weighted by atomic mass is 10.2. The van der Waals surface area contributed by atoms with E-state index in [4.69, 9.17) is 10.3 Å². The van der Waals surface area contributed by atoms with E-state index in [1.165, 1.54) is 17.4 Å². The van der Waals surface area contributed by atoms with Gasteiger partial charge in [0.15, 0.2) is 0 Å². The largest absolute Gasteiger partial charge is 0.462 e. The zero-order valence-electron chi connectivity index (χ0n) is 12.2. The summed E-state index contributed by atoms with van der Waals surface area (Å²) in [7, 11) is 0. The molecule has 0 N–H and O–H groups in total. The van der Waals surface area contributed by atoms with Crippen molar-refractivity contribution in [2.75, 3.05) is 6.61 Å². The highest BCUT2D eigenvalue weighted by molar-refractivity contribution is 7.16. The number of ether oxygens (including phenoxy) is 1. The van der Waals surface area contributed by atoms with Crippen molar-refractivity contribution in [1.29, 1.82) is 0 Å². The van der Waals surface area contributed by atoms with Crippen LogP contribution >= 0.6 is 11.3 Å². The van der Waals surface area contributed by atoms with Crippen LogP contribution in [-0.4, -0.2) is 17.6 Å². The highest BCUT2D eigenvalue weighted by atomic mass is 32.1. The molecule has 112 valence electrons. The Morgan fingerprint density at radius 3 is 2.82 bits per heavy atom. The van der Waals surface area contributed by atoms with Crippen LogP contribution in [0.25, 0.3) is 27.1 Å². The predicted octanol–water partition coefficient (Wildman–Crippen LogP) is 4.33. The van der Waals surface area contributed by atoms with Gasteiger partial charge in [-0.15, -0.1) is 11.3 Å². The van der Waals surface area contributed by atoms with Gasteiger partial charge in [0.2, 0.25) is 0 Å². The first-order valence-corrected chi connectivity index (χ1v) is 7.44. The molecule has 0 amide bonds. The van der Waals surface area contributed by atoms with Gasteiger partial charge < -0.3 is 4.74 Å². The van der Waals surface area contributed by atoms with Gasteiger partial charge in [-0.25, -0.2) is 9.78 Å². The van der Waals surface area contributed by atoms with Crippen LogP contribution in [0.4, 0.5) is 0 Å². The molecule has 0 unspecified atom stereocenters. The second-order valence-corrected chi connectivity index (χ2v) is 5.30. The highest BCUT2D eigenvalue weighted by Crippen LogP contribution is 2.29. The van der Waals surface area contributed by atoms with E-state index in [-0.39, 0.29) is 12.3 Å². The molecule has 0 aliphatic rings. The lowest BCUT2D eigenvalue weighted by Gasteiger charge is -2.00. The van der Waals surface area contributed by atoms with E-state index in [1.807, 2.05) is 37.3 Å². The first-order valence-electron chi connectivity index (χ1n) is 6.62. The minimum Gasteiger partial charge on any atom is -0.462 e. The summed E-state index contributed by atoms with van der Waals surface area (Å²) < 4.78 is 4.87. The molecule has 0 bridgehead atoms. The zero-order chi connectivity index (χ0) is 15.9. The Morgan fingerprint density at radius 1 is 1.45 bits per heavy atom. The SMILES string of the molecule is CCOC(=O)/C(=C/c1sc(-c2ccccc2)nc1C)N=[N+]=[N-]. The van der Waals surface area contributed by atoms with Gasteiger partial charge in [0, 0.05) is 10.5 Å². The normalized spacial score (nSPS) is 10.9. The second kappa shape index (κ2) is 7.40. The fourth-order valence-corrected chi connectivity index (χ4v) is 2.76. The van der Waals surface area contributed by atoms with Gasteiger partial charge in [-0.2, -0.15) is 0 Å². The molecular weight excluding hydrogens is 300 g/mol. The number of esters is 1. The summed E-state index contributed by atoms with van der Waals surface area (Å²) in [5.41, 5.74) is 10.3. The number of azide groups is 1. The van der Waals surface area contributed by atoms with Crippen molar-refractivity contribution in [2.45, 2.75) is 13.8 Å². The molecule has 22 heavy (non-hydrogen) atoms. The molecule has 1 heterocycles. The van der Waals surface area contributed by atoms with Crippen molar-refractivity contribution in [3.8, 4) is 10.6 Å². The Morgan fingerprint density at radius 2 is 2.18 bits per heavy atom. The third-order valence-electron chi connectivity index (χ3n) is 2.76. The number of carbonyl (C=O) groups excluding carboxylic acids is 1. The molecule has 1 aromatic carbocycles. The maximum Gasteiger partial charge on any atom is 0.340 e. The van der Waals surface area contributed by atoms with Gasteiger partial charge in [0.05, 0.1) is 17.2 Å². The van der Waals surface area contributed by atoms with Crippen LogP contribution in [0.1, 0.15) is 17.5 Å². The van der Waals surface area contributed by atoms with Crippen molar-refractivity contribution in [3.05, 3.63) is 57.0 Å². The van der Waals surface area contributed by atoms with Gasteiger partial charge in [0.25, 0.3) is 0 Å². The number of thiazole rings is 1. The van der Waals surface area contributed by atoms with E-state index in [9.17, 15) is 4.79 Å². The zero-order valence-corrected chi connectivity index (χ0v) is 13.0. The molecule has 2 rings (SSSR count). The molecule has 0 atom stereocenters. The Balaban J connectivity index is 2.39. The van der Waals surface area contributed by atoms with E-state index >= 15 is 0 Å². The number of hydrogen-bond acceptors (Lipinski definition) is 5. The average Bonchev–Trinajstić information content (AvgIpc) is 2.89. The molecular formula is C15H14N4O2S. The van der Waals surface area contributed by atoms with E-state index in [0.717, 1.165) is 21.1 Å². The van der Waals surface area contributed by atoms with Crippen LogP contribution in [0.5, 0.6) is 0 Å². The maximum absolute atomic E-state index is 11.8. The van der Waals surface area contributed by atoms with Gasteiger partial charge in [-0.05, 0) is 25.5 Å². The third kappa shape index (κ3) is 3.72. The number of aryl methyl sites for hydroxylation is 1. The standard InChI is InChI=1S/C15H14N4O2S/c1-3-21-15(20)12(18-19-16)9-13-10(2)17-14(22-13)11-7-5-4-6-8-11/h4-9H,3H2,1-2H3/b12-9-. The van der Waals surface area contributed by atoms with E-state index < -0.39 is 5.97 Å². The smallest absolute Gasteiger partial charge is 0.340 e. The molecule has 6 nitrogen and oxygen atoms in total. The minimum atomic E-state index is -0.644. The average molecular weight is 314 g/mol. The van der Waals surface area contributed by atoms with Crippen LogP contribution in [-0.2, 0) is 9.53 Å². The Labute approximate surface area is 131 Å². The number of rotatable bonds is 5. The lowest BCUT2D eigenvalue weighted by molar-refractivity contribution is -0.138. The van der Waals surface area contributed by atoms with Gasteiger partial charge in [-0.3, -0.25) is 0 Å². The molecule has 0 aliphatic heterocycles. The van der Waals surface area contributed by atoms with Crippen molar-refractivity contribution in [2.24, 2.45) is 5.11 Å². The van der Waals surface area contributed by atoms with Gasteiger partial charge >= 0.3 is 5.97 Å². The highest BCUT2D eigenvalue weighted by Gasteiger charge is 2.13. The van der Waals surface area contributed by atoms with Crippen molar-refractivity contribution >= 4 is 23.4 Å². The Bertz CT molecular complexity index is 746. The maximum atomic E-state index is 11.8. The second-order valence-electron chi connectivity index (χ2n) is 4.27. The van der Waals surface area contributed by atoms with Crippen molar-refractivity contribution in [1.82, 2.24) is 4.98 Å². The molecule has 7 heteroatoms. The Hall–Kier alpha value is -2.63. The summed E-state index contributed by atoms with van der Waals surface area (Å²) in [6, 6.07) is 9.74. The number of benzene rings is 1. The molecule has 2 aromatic rings. The molecule has 0 spiro atoms. The summed E-state index contributed by atoms with van der Waals surface area (Å²) in [5.74, 6) is -0.644. The van der Waals surface area contributed by atoms with Crippen LogP contribution in [0.2, 0.25) is 0 Å². The molecule has 1 aromatic heterocycles.